The lowest BCUT2D eigenvalue weighted by Crippen LogP contribution is -2.21. The molecule has 2 atom stereocenters. The molecule has 5 heteroatoms. The van der Waals surface area contributed by atoms with E-state index in [1.807, 2.05) is 24.3 Å². The number of thiophene rings is 1. The van der Waals surface area contributed by atoms with Crippen LogP contribution >= 0.6 is 11.3 Å². The van der Waals surface area contributed by atoms with Crippen LogP contribution in [0.5, 0.6) is 5.75 Å². The molecule has 0 radical (unpaired) electrons. The highest BCUT2D eigenvalue weighted by Gasteiger charge is 2.40. The normalized spacial score (nSPS) is 16.2. The Morgan fingerprint density at radius 3 is 1.96 bits per heavy atom. The fourth-order valence-corrected chi connectivity index (χ4v) is 8.50. The third-order valence-electron chi connectivity index (χ3n) is 9.75. The van der Waals surface area contributed by atoms with Crippen LogP contribution < -0.4 is 4.74 Å². The van der Waals surface area contributed by atoms with Gasteiger partial charge in [0, 0.05) is 42.4 Å². The lowest BCUT2D eigenvalue weighted by atomic mass is 9.80. The summed E-state index contributed by atoms with van der Waals surface area (Å²) in [6, 6.07) is 51.0. The van der Waals surface area contributed by atoms with Gasteiger partial charge in [-0.15, -0.1) is 11.3 Å². The van der Waals surface area contributed by atoms with E-state index in [-0.39, 0.29) is 12.0 Å². The first-order chi connectivity index (χ1) is 24.8. The summed E-state index contributed by atoms with van der Waals surface area (Å²) >= 11 is 1.80. The Balaban J connectivity index is 1.10. The van der Waals surface area contributed by atoms with Crippen LogP contribution in [0.3, 0.4) is 0 Å². The van der Waals surface area contributed by atoms with Gasteiger partial charge in [0.1, 0.15) is 11.9 Å². The first kappa shape index (κ1) is 28.8. The molecule has 0 bridgehead atoms. The smallest absolute Gasteiger partial charge is 0.164 e. The fraction of sp³-hybridized carbons (Fsp3) is 0.0444. The van der Waals surface area contributed by atoms with Crippen LogP contribution in [-0.4, -0.2) is 21.1 Å². The second-order valence-corrected chi connectivity index (χ2v) is 13.8. The van der Waals surface area contributed by atoms with Crippen LogP contribution in [-0.2, 0) is 0 Å². The maximum atomic E-state index is 6.63. The number of rotatable bonds is 5. The van der Waals surface area contributed by atoms with E-state index in [0.717, 1.165) is 39.1 Å². The zero-order chi connectivity index (χ0) is 33.0. The Morgan fingerprint density at radius 1 is 0.500 bits per heavy atom. The summed E-state index contributed by atoms with van der Waals surface area (Å²) in [6.45, 7) is 0. The largest absolute Gasteiger partial charge is 0.485 e. The molecule has 2 unspecified atom stereocenters. The number of nitrogens with zero attached hydrogens (tertiary/aromatic N) is 3. The Kier molecular flexibility index (Phi) is 6.78. The Bertz CT molecular complexity index is 2620. The predicted molar refractivity (Wildman–Crippen MR) is 205 cm³/mol. The van der Waals surface area contributed by atoms with E-state index in [0.29, 0.717) is 17.5 Å². The van der Waals surface area contributed by atoms with Gasteiger partial charge in [-0.25, -0.2) is 15.0 Å². The molecule has 1 aliphatic heterocycles. The molecule has 0 amide bonds. The van der Waals surface area contributed by atoms with Crippen molar-refractivity contribution in [2.75, 3.05) is 0 Å². The van der Waals surface area contributed by atoms with Gasteiger partial charge in [0.15, 0.2) is 17.5 Å². The maximum absolute atomic E-state index is 6.63. The predicted octanol–water partition coefficient (Wildman–Crippen LogP) is 11.4. The highest BCUT2D eigenvalue weighted by atomic mass is 32.1. The first-order valence-electron chi connectivity index (χ1n) is 16.8. The molecule has 3 heterocycles. The summed E-state index contributed by atoms with van der Waals surface area (Å²) in [5.74, 6) is 2.79. The standard InChI is InChI=1S/C45H29N3OS/c1-3-11-28(12-4-1)29-21-23-30(24-22-29)33-16-9-18-37-41(33)42-36(17-10-19-38(42)49-37)45-47-43(31-13-5-2-6-14-31)46-44(48-45)32-25-26-35-34-15-7-8-20-39(34)50-40(35)27-32/h1-27,38,42H. The fourth-order valence-electron chi connectivity index (χ4n) is 7.36. The van der Waals surface area contributed by atoms with Crippen LogP contribution in [0.4, 0.5) is 0 Å². The Labute approximate surface area is 293 Å². The van der Waals surface area contributed by atoms with Crippen molar-refractivity contribution in [2.45, 2.75) is 12.0 Å². The number of aromatic nitrogens is 3. The van der Waals surface area contributed by atoms with Crippen LogP contribution in [0.25, 0.3) is 70.8 Å². The minimum atomic E-state index is -0.162. The van der Waals surface area contributed by atoms with Crippen molar-refractivity contribution in [3.8, 4) is 50.8 Å². The molecule has 0 spiro atoms. The van der Waals surface area contributed by atoms with Crippen molar-refractivity contribution in [2.24, 2.45) is 0 Å². The quantitative estimate of drug-likeness (QED) is 0.184. The lowest BCUT2D eigenvalue weighted by Gasteiger charge is -2.23. The van der Waals surface area contributed by atoms with Gasteiger partial charge in [0.05, 0.1) is 5.92 Å². The minimum absolute atomic E-state index is 0.0797. The van der Waals surface area contributed by atoms with Crippen LogP contribution in [0.2, 0.25) is 0 Å². The molecule has 236 valence electrons. The highest BCUT2D eigenvalue weighted by Crippen LogP contribution is 2.51. The summed E-state index contributed by atoms with van der Waals surface area (Å²) in [5.41, 5.74) is 8.80. The van der Waals surface area contributed by atoms with E-state index in [1.165, 1.54) is 31.3 Å². The second kappa shape index (κ2) is 11.8. The zero-order valence-electron chi connectivity index (χ0n) is 26.9. The Hall–Kier alpha value is -6.17. The molecular formula is C45H29N3OS. The number of hydrogen-bond acceptors (Lipinski definition) is 5. The number of fused-ring (bicyclic) bond motifs is 6. The molecule has 0 N–H and O–H groups in total. The van der Waals surface area contributed by atoms with Gasteiger partial charge >= 0.3 is 0 Å². The topological polar surface area (TPSA) is 47.9 Å². The van der Waals surface area contributed by atoms with E-state index in [9.17, 15) is 0 Å². The monoisotopic (exact) mass is 659 g/mol. The number of hydrogen-bond donors (Lipinski definition) is 0. The molecule has 2 aliphatic rings. The molecule has 8 aromatic rings. The van der Waals surface area contributed by atoms with Crippen molar-refractivity contribution < 1.29 is 4.74 Å². The summed E-state index contributed by atoms with van der Waals surface area (Å²) in [6.07, 6.45) is 6.21. The molecule has 6 aromatic carbocycles. The van der Waals surface area contributed by atoms with Crippen molar-refractivity contribution in [1.82, 2.24) is 15.0 Å². The van der Waals surface area contributed by atoms with Crippen molar-refractivity contribution in [3.05, 3.63) is 175 Å². The lowest BCUT2D eigenvalue weighted by molar-refractivity contribution is 0.271. The number of allylic oxidation sites excluding steroid dienone is 2. The summed E-state index contributed by atoms with van der Waals surface area (Å²) in [7, 11) is 0. The highest BCUT2D eigenvalue weighted by molar-refractivity contribution is 7.25. The maximum Gasteiger partial charge on any atom is 0.164 e. The third kappa shape index (κ3) is 4.86. The van der Waals surface area contributed by atoms with Gasteiger partial charge in [-0.05, 0) is 46.5 Å². The van der Waals surface area contributed by atoms with Crippen LogP contribution in [0, 0.1) is 0 Å². The van der Waals surface area contributed by atoms with Gasteiger partial charge in [0.2, 0.25) is 0 Å². The zero-order valence-corrected chi connectivity index (χ0v) is 27.7. The summed E-state index contributed by atoms with van der Waals surface area (Å²) in [5, 5.41) is 2.52. The van der Waals surface area contributed by atoms with E-state index in [2.05, 4.69) is 140 Å². The third-order valence-corrected chi connectivity index (χ3v) is 10.9. The van der Waals surface area contributed by atoms with Crippen molar-refractivity contribution in [1.29, 1.82) is 0 Å². The minimum Gasteiger partial charge on any atom is -0.485 e. The molecular weight excluding hydrogens is 631 g/mol. The van der Waals surface area contributed by atoms with Crippen LogP contribution in [0.15, 0.2) is 164 Å². The van der Waals surface area contributed by atoms with E-state index in [4.69, 9.17) is 19.7 Å². The number of benzene rings is 6. The van der Waals surface area contributed by atoms with Gasteiger partial charge in [-0.1, -0.05) is 140 Å². The molecule has 0 saturated carbocycles. The van der Waals surface area contributed by atoms with Gasteiger partial charge in [-0.3, -0.25) is 0 Å². The molecule has 2 aromatic heterocycles. The molecule has 1 aliphatic carbocycles. The number of ether oxygens (including phenoxy) is 1. The summed E-state index contributed by atoms with van der Waals surface area (Å²) < 4.78 is 9.12. The first-order valence-corrected chi connectivity index (χ1v) is 17.7. The van der Waals surface area contributed by atoms with E-state index < -0.39 is 0 Å². The molecule has 50 heavy (non-hydrogen) atoms. The van der Waals surface area contributed by atoms with Gasteiger partial charge < -0.3 is 4.74 Å². The second-order valence-electron chi connectivity index (χ2n) is 12.7. The van der Waals surface area contributed by atoms with E-state index in [1.54, 1.807) is 11.3 Å². The van der Waals surface area contributed by atoms with Crippen molar-refractivity contribution in [3.63, 3.8) is 0 Å². The molecule has 4 nitrogen and oxygen atoms in total. The molecule has 0 fully saturated rings. The average molecular weight is 660 g/mol. The van der Waals surface area contributed by atoms with Gasteiger partial charge in [0.25, 0.3) is 0 Å². The van der Waals surface area contributed by atoms with Crippen molar-refractivity contribution >= 4 is 37.1 Å². The van der Waals surface area contributed by atoms with E-state index >= 15 is 0 Å². The average Bonchev–Trinajstić information content (AvgIpc) is 3.77. The SMILES string of the molecule is C1=CC2Oc3cccc(-c4ccc(-c5ccccc5)cc4)c3C2C(c2nc(-c3ccccc3)nc(-c3ccc4c(c3)sc3ccccc34)n2)=C1. The van der Waals surface area contributed by atoms with Gasteiger partial charge in [-0.2, -0.15) is 0 Å². The molecule has 0 saturated heterocycles. The molecule has 10 rings (SSSR count). The van der Waals surface area contributed by atoms with Crippen LogP contribution in [0.1, 0.15) is 17.3 Å². The summed E-state index contributed by atoms with van der Waals surface area (Å²) in [4.78, 5) is 15.4. The Morgan fingerprint density at radius 2 is 1.14 bits per heavy atom.